The van der Waals surface area contributed by atoms with Crippen LogP contribution in [0.15, 0.2) is 48.5 Å². The van der Waals surface area contributed by atoms with Gasteiger partial charge in [-0.25, -0.2) is 13.8 Å². The fraction of sp³-hybridized carbons (Fsp3) is 0.345. The highest BCUT2D eigenvalue weighted by Crippen LogP contribution is 2.28. The van der Waals surface area contributed by atoms with E-state index in [0.717, 1.165) is 62.9 Å². The van der Waals surface area contributed by atoms with E-state index in [4.69, 9.17) is 15.9 Å². The molecule has 0 atom stereocenters. The number of likely N-dealkylation sites (N-methyl/N-ethyl adjacent to an activating group) is 1. The topological polar surface area (TPSA) is 132 Å². The number of ether oxygens (including phenoxy) is 1. The van der Waals surface area contributed by atoms with E-state index in [1.807, 2.05) is 12.1 Å². The molecule has 1 aromatic heterocycles. The van der Waals surface area contributed by atoms with Gasteiger partial charge in [-0.05, 0) is 62.4 Å². The van der Waals surface area contributed by atoms with Crippen molar-refractivity contribution >= 4 is 40.3 Å². The predicted octanol–water partition coefficient (Wildman–Crippen LogP) is 3.78. The molecule has 10 nitrogen and oxygen atoms in total. The molecule has 0 unspecified atom stereocenters. The van der Waals surface area contributed by atoms with Crippen LogP contribution in [0.3, 0.4) is 0 Å². The number of nitrogen functional groups attached to an aromatic ring is 1. The lowest BCUT2D eigenvalue weighted by molar-refractivity contribution is 0.0904. The number of amidine groups is 1. The number of piperazine rings is 1. The van der Waals surface area contributed by atoms with Crippen LogP contribution in [0, 0.1) is 17.0 Å². The van der Waals surface area contributed by atoms with E-state index in [1.54, 1.807) is 6.07 Å². The molecule has 216 valence electrons. The van der Waals surface area contributed by atoms with Gasteiger partial charge < -0.3 is 36.2 Å². The number of rotatable bonds is 7. The number of halogens is 2. The van der Waals surface area contributed by atoms with Crippen LogP contribution in [0.4, 0.5) is 37.3 Å². The Hall–Kier alpha value is -4.29. The van der Waals surface area contributed by atoms with Crippen LogP contribution in [-0.2, 0) is 4.74 Å². The van der Waals surface area contributed by atoms with Gasteiger partial charge in [-0.3, -0.25) is 10.2 Å². The molecule has 2 fully saturated rings. The Kier molecular flexibility index (Phi) is 8.60. The fourth-order valence-electron chi connectivity index (χ4n) is 4.88. The minimum absolute atomic E-state index is 0.00634. The Morgan fingerprint density at radius 2 is 1.78 bits per heavy atom. The summed E-state index contributed by atoms with van der Waals surface area (Å²) in [4.78, 5) is 22.3. The number of hydrogen-bond acceptors (Lipinski definition) is 9. The lowest BCUT2D eigenvalue weighted by atomic mass is 10.1. The molecule has 2 aromatic carbocycles. The quantitative estimate of drug-likeness (QED) is 0.216. The van der Waals surface area contributed by atoms with Crippen molar-refractivity contribution in [2.45, 2.75) is 18.9 Å². The van der Waals surface area contributed by atoms with Crippen LogP contribution in [0.25, 0.3) is 0 Å². The van der Waals surface area contributed by atoms with Gasteiger partial charge in [0, 0.05) is 62.9 Å². The zero-order valence-electron chi connectivity index (χ0n) is 22.8. The smallest absolute Gasteiger partial charge is 0.258 e. The minimum Gasteiger partial charge on any atom is -0.397 e. The molecular weight excluding hydrogens is 530 g/mol. The molecular formula is C29H34F2N8O2. The highest BCUT2D eigenvalue weighted by atomic mass is 19.1. The molecule has 0 spiro atoms. The third-order valence-electron chi connectivity index (χ3n) is 7.29. The van der Waals surface area contributed by atoms with E-state index in [0.29, 0.717) is 24.5 Å². The number of anilines is 5. The number of nitrogens with one attached hydrogen (secondary N) is 4. The molecule has 3 aromatic rings. The maximum absolute atomic E-state index is 14.1. The molecule has 0 radical (unpaired) electrons. The van der Waals surface area contributed by atoms with Crippen LogP contribution in [0.2, 0.25) is 0 Å². The third-order valence-corrected chi connectivity index (χ3v) is 7.29. The van der Waals surface area contributed by atoms with Crippen molar-refractivity contribution in [3.8, 4) is 0 Å². The van der Waals surface area contributed by atoms with Gasteiger partial charge in [-0.2, -0.15) is 0 Å². The molecule has 2 aliphatic rings. The van der Waals surface area contributed by atoms with Crippen LogP contribution in [-0.4, -0.2) is 74.1 Å². The normalized spacial score (nSPS) is 16.3. The molecule has 1 amide bonds. The van der Waals surface area contributed by atoms with Gasteiger partial charge >= 0.3 is 0 Å². The van der Waals surface area contributed by atoms with Gasteiger partial charge in [-0.1, -0.05) is 0 Å². The summed E-state index contributed by atoms with van der Waals surface area (Å²) < 4.78 is 33.2. The lowest BCUT2D eigenvalue weighted by Gasteiger charge is -2.34. The van der Waals surface area contributed by atoms with Gasteiger partial charge in [0.2, 0.25) is 0 Å². The molecule has 5 rings (SSSR count). The molecule has 41 heavy (non-hydrogen) atoms. The minimum atomic E-state index is -0.667. The van der Waals surface area contributed by atoms with Gasteiger partial charge in [0.15, 0.2) is 5.84 Å². The molecule has 0 bridgehead atoms. The Bertz CT molecular complexity index is 1420. The van der Waals surface area contributed by atoms with Crippen LogP contribution in [0.5, 0.6) is 0 Å². The monoisotopic (exact) mass is 564 g/mol. The fourth-order valence-corrected chi connectivity index (χ4v) is 4.88. The Morgan fingerprint density at radius 1 is 1.02 bits per heavy atom. The Balaban J connectivity index is 1.36. The average molecular weight is 565 g/mol. The number of nitrogens with two attached hydrogens (primary N) is 1. The van der Waals surface area contributed by atoms with Crippen molar-refractivity contribution in [2.24, 2.45) is 0 Å². The first-order chi connectivity index (χ1) is 19.8. The number of hydrogen-bond donors (Lipinski definition) is 5. The van der Waals surface area contributed by atoms with Gasteiger partial charge in [-0.15, -0.1) is 0 Å². The van der Waals surface area contributed by atoms with Gasteiger partial charge in [0.1, 0.15) is 23.1 Å². The first-order valence-corrected chi connectivity index (χ1v) is 13.6. The molecule has 2 saturated heterocycles. The SMILES string of the molecule is CN1CCN(c2ccc(C(=O)NC(=N)c3nc(Nc4cc(F)ccc4F)ccc3N)c(NC3CCOCC3)c2)CC1. The summed E-state index contributed by atoms with van der Waals surface area (Å²) in [6, 6.07) is 11.8. The number of nitrogens with zero attached hydrogens (tertiary/aromatic N) is 3. The van der Waals surface area contributed by atoms with E-state index in [-0.39, 0.29) is 34.8 Å². The van der Waals surface area contributed by atoms with Crippen LogP contribution >= 0.6 is 0 Å². The summed E-state index contributed by atoms with van der Waals surface area (Å²) in [6.07, 6.45) is 1.64. The van der Waals surface area contributed by atoms with Crippen molar-refractivity contribution in [3.63, 3.8) is 0 Å². The summed E-state index contributed by atoms with van der Waals surface area (Å²) >= 11 is 0. The largest absolute Gasteiger partial charge is 0.397 e. The maximum atomic E-state index is 14.1. The van der Waals surface area contributed by atoms with Crippen molar-refractivity contribution in [1.82, 2.24) is 15.2 Å². The molecule has 6 N–H and O–H groups in total. The summed E-state index contributed by atoms with van der Waals surface area (Å²) in [5.41, 5.74) is 8.17. The number of pyridine rings is 1. The maximum Gasteiger partial charge on any atom is 0.258 e. The van der Waals surface area contributed by atoms with Crippen LogP contribution < -0.4 is 26.6 Å². The highest BCUT2D eigenvalue weighted by molar-refractivity contribution is 6.14. The number of carbonyl (C=O) groups excluding carboxylic acids is 1. The summed E-state index contributed by atoms with van der Waals surface area (Å²) in [7, 11) is 2.10. The standard InChI is InChI=1S/C29H34F2N8O2/c1-38-10-12-39(13-11-38)20-3-4-21(24(17-20)34-19-8-14-41-15-9-19)29(40)37-28(33)27-23(32)6-7-26(36-27)35-25-16-18(30)2-5-22(25)31/h2-7,16-17,19,34H,8-15,32H2,1H3,(H,35,36)(H2,33,37,40). The number of benzene rings is 2. The summed E-state index contributed by atoms with van der Waals surface area (Å²) in [5, 5.41) is 17.4. The average Bonchev–Trinajstić information content (AvgIpc) is 2.97. The number of carbonyl (C=O) groups is 1. The predicted molar refractivity (Wildman–Crippen MR) is 156 cm³/mol. The second-order valence-corrected chi connectivity index (χ2v) is 10.3. The molecule has 3 heterocycles. The Morgan fingerprint density at radius 3 is 2.54 bits per heavy atom. The van der Waals surface area contributed by atoms with Crippen molar-refractivity contribution in [1.29, 1.82) is 5.41 Å². The van der Waals surface area contributed by atoms with Crippen LogP contribution in [0.1, 0.15) is 28.9 Å². The highest BCUT2D eigenvalue weighted by Gasteiger charge is 2.22. The van der Waals surface area contributed by atoms with E-state index < -0.39 is 17.5 Å². The molecule has 2 aliphatic heterocycles. The molecule has 12 heteroatoms. The van der Waals surface area contributed by atoms with Gasteiger partial charge in [0.05, 0.1) is 16.9 Å². The number of amides is 1. The summed E-state index contributed by atoms with van der Waals surface area (Å²) in [5.74, 6) is -1.97. The third kappa shape index (κ3) is 6.90. The second-order valence-electron chi connectivity index (χ2n) is 10.3. The van der Waals surface area contributed by atoms with Crippen molar-refractivity contribution in [3.05, 3.63) is 71.4 Å². The van der Waals surface area contributed by atoms with Crippen molar-refractivity contribution < 1.29 is 18.3 Å². The van der Waals surface area contributed by atoms with Crippen molar-refractivity contribution in [2.75, 3.05) is 67.7 Å². The summed E-state index contributed by atoms with van der Waals surface area (Å²) in [6.45, 7) is 4.98. The Labute approximate surface area is 237 Å². The first kappa shape index (κ1) is 28.2. The van der Waals surface area contributed by atoms with E-state index in [1.165, 1.54) is 12.1 Å². The second kappa shape index (κ2) is 12.5. The number of aromatic nitrogens is 1. The molecule has 0 saturated carbocycles. The lowest BCUT2D eigenvalue weighted by Crippen LogP contribution is -2.44. The van der Waals surface area contributed by atoms with E-state index in [9.17, 15) is 13.6 Å². The van der Waals surface area contributed by atoms with Gasteiger partial charge in [0.25, 0.3) is 5.91 Å². The van der Waals surface area contributed by atoms with E-state index >= 15 is 0 Å². The van der Waals surface area contributed by atoms with E-state index in [2.05, 4.69) is 37.8 Å². The molecule has 0 aliphatic carbocycles. The first-order valence-electron chi connectivity index (χ1n) is 13.6. The zero-order valence-corrected chi connectivity index (χ0v) is 22.8. The zero-order chi connectivity index (χ0) is 28.9.